The van der Waals surface area contributed by atoms with Gasteiger partial charge in [0.05, 0.1) is 0 Å². The van der Waals surface area contributed by atoms with Gasteiger partial charge in [0.1, 0.15) is 0 Å². The zero-order chi connectivity index (χ0) is 11.8. The van der Waals surface area contributed by atoms with Crippen molar-refractivity contribution in [3.8, 4) is 0 Å². The molecule has 84 valence electrons. The third-order valence-electron chi connectivity index (χ3n) is 1.16. The Balaban J connectivity index is 0. The van der Waals surface area contributed by atoms with Gasteiger partial charge in [0.15, 0.2) is 0 Å². The Kier molecular flexibility index (Phi) is 9.42. The molecule has 0 aliphatic rings. The van der Waals surface area contributed by atoms with Gasteiger partial charge in [0.25, 0.3) is 0 Å². The van der Waals surface area contributed by atoms with Gasteiger partial charge in [-0.25, -0.2) is 0 Å². The summed E-state index contributed by atoms with van der Waals surface area (Å²) in [6.45, 7) is 7.28. The van der Waals surface area contributed by atoms with Crippen LogP contribution in [0.5, 0.6) is 0 Å². The van der Waals surface area contributed by atoms with Crippen LogP contribution >= 0.6 is 17.5 Å². The van der Waals surface area contributed by atoms with Crippen molar-refractivity contribution in [2.75, 3.05) is 6.16 Å². The standard InChI is InChI=1S/C7H14NOP.H3O3P/c1-4-6(9)8-7(2,3)5-10;1-4(2)3/h4H,1,5,10H2,2-3H3,(H,8,9);4H,(H2,1,2,3). The lowest BCUT2D eigenvalue weighted by molar-refractivity contribution is -0.117. The van der Waals surface area contributed by atoms with Crippen LogP contribution in [0.1, 0.15) is 13.8 Å². The molecule has 5 nitrogen and oxygen atoms in total. The smallest absolute Gasteiger partial charge is 0.314 e. The Morgan fingerprint density at radius 2 is 2.00 bits per heavy atom. The molecule has 7 heteroatoms. The molecular weight excluding hydrogens is 224 g/mol. The maximum absolute atomic E-state index is 10.7. The van der Waals surface area contributed by atoms with Crippen LogP contribution in [0, 0.1) is 0 Å². The normalized spacial score (nSPS) is 10.1. The van der Waals surface area contributed by atoms with Crippen LogP contribution < -0.4 is 5.32 Å². The van der Waals surface area contributed by atoms with Crippen LogP contribution in [0.4, 0.5) is 0 Å². The first kappa shape index (κ1) is 16.2. The van der Waals surface area contributed by atoms with Crippen molar-refractivity contribution in [1.82, 2.24) is 5.32 Å². The first-order valence-corrected chi connectivity index (χ1v) is 5.93. The zero-order valence-corrected chi connectivity index (χ0v) is 10.4. The number of nitrogens with one attached hydrogen (secondary N) is 1. The zero-order valence-electron chi connectivity index (χ0n) is 8.28. The molecule has 1 amide bonds. The molecule has 0 fully saturated rings. The lowest BCUT2D eigenvalue weighted by Gasteiger charge is -2.23. The van der Waals surface area contributed by atoms with Crippen LogP contribution in [-0.4, -0.2) is 27.4 Å². The molecule has 0 aromatic carbocycles. The molecule has 0 spiro atoms. The summed E-state index contributed by atoms with van der Waals surface area (Å²) >= 11 is 0. The maximum atomic E-state index is 10.7. The van der Waals surface area contributed by atoms with Crippen molar-refractivity contribution in [3.05, 3.63) is 12.7 Å². The Hall–Kier alpha value is -0.210. The predicted octanol–water partition coefficient (Wildman–Crippen LogP) is 0.303. The summed E-state index contributed by atoms with van der Waals surface area (Å²) in [5, 5.41) is 2.78. The summed E-state index contributed by atoms with van der Waals surface area (Å²) in [5.41, 5.74) is -0.143. The third kappa shape index (κ3) is 14.3. The number of hydrogen-bond acceptors (Lipinski definition) is 2. The van der Waals surface area contributed by atoms with E-state index in [9.17, 15) is 4.79 Å². The number of amides is 1. The molecule has 1 unspecified atom stereocenters. The number of hydrogen-bond donors (Lipinski definition) is 3. The van der Waals surface area contributed by atoms with E-state index in [1.54, 1.807) is 0 Å². The van der Waals surface area contributed by atoms with Crippen LogP contribution in [0.3, 0.4) is 0 Å². The monoisotopic (exact) mass is 241 g/mol. The topological polar surface area (TPSA) is 86.6 Å². The summed E-state index contributed by atoms with van der Waals surface area (Å²) < 4.78 is 8.74. The van der Waals surface area contributed by atoms with Crippen molar-refractivity contribution >= 4 is 23.4 Å². The van der Waals surface area contributed by atoms with Gasteiger partial charge >= 0.3 is 8.25 Å². The Bertz CT molecular complexity index is 214. The molecule has 0 radical (unpaired) electrons. The molecule has 0 saturated heterocycles. The summed E-state index contributed by atoms with van der Waals surface area (Å²) in [4.78, 5) is 25.1. The molecule has 0 aliphatic carbocycles. The Morgan fingerprint density at radius 1 is 1.64 bits per heavy atom. The molecule has 14 heavy (non-hydrogen) atoms. The molecule has 0 bridgehead atoms. The second kappa shape index (κ2) is 8.13. The molecule has 0 aromatic rings. The minimum absolute atomic E-state index is 0.118. The van der Waals surface area contributed by atoms with Gasteiger partial charge in [0, 0.05) is 5.54 Å². The lowest BCUT2D eigenvalue weighted by atomic mass is 10.1. The second-order valence-electron chi connectivity index (χ2n) is 3.06. The highest BCUT2D eigenvalue weighted by Gasteiger charge is 2.15. The Labute approximate surface area is 86.8 Å². The van der Waals surface area contributed by atoms with E-state index in [1.165, 1.54) is 6.08 Å². The van der Waals surface area contributed by atoms with Gasteiger partial charge in [-0.15, -0.1) is 9.24 Å². The summed E-state index contributed by atoms with van der Waals surface area (Å²) in [5.74, 6) is -0.118. The van der Waals surface area contributed by atoms with Crippen molar-refractivity contribution in [3.63, 3.8) is 0 Å². The van der Waals surface area contributed by atoms with E-state index in [1.807, 2.05) is 13.8 Å². The predicted molar refractivity (Wildman–Crippen MR) is 60.4 cm³/mol. The van der Waals surface area contributed by atoms with E-state index in [0.717, 1.165) is 6.16 Å². The van der Waals surface area contributed by atoms with Crippen molar-refractivity contribution < 1.29 is 19.1 Å². The van der Waals surface area contributed by atoms with Gasteiger partial charge in [0.2, 0.25) is 5.91 Å². The molecular formula is C7H17NO4P2. The second-order valence-corrected chi connectivity index (χ2v) is 4.04. The van der Waals surface area contributed by atoms with Gasteiger partial charge < -0.3 is 15.1 Å². The fraction of sp³-hybridized carbons (Fsp3) is 0.571. The number of rotatable bonds is 3. The lowest BCUT2D eigenvalue weighted by Crippen LogP contribution is -2.43. The van der Waals surface area contributed by atoms with Crippen LogP contribution in [0.25, 0.3) is 0 Å². The van der Waals surface area contributed by atoms with Crippen molar-refractivity contribution in [2.24, 2.45) is 0 Å². The highest BCUT2D eigenvalue weighted by atomic mass is 31.1. The largest absolute Gasteiger partial charge is 0.347 e. The van der Waals surface area contributed by atoms with E-state index < -0.39 is 8.25 Å². The molecule has 1 atom stereocenters. The minimum atomic E-state index is -3.13. The average Bonchev–Trinajstić information content (AvgIpc) is 2.02. The van der Waals surface area contributed by atoms with E-state index in [4.69, 9.17) is 14.4 Å². The SMILES string of the molecule is C=CC(=O)NC(C)(C)CP.O=[PH](O)O. The van der Waals surface area contributed by atoms with Gasteiger partial charge in [-0.05, 0) is 26.1 Å². The van der Waals surface area contributed by atoms with E-state index >= 15 is 0 Å². The summed E-state index contributed by atoms with van der Waals surface area (Å²) in [6.07, 6.45) is 2.12. The maximum Gasteiger partial charge on any atom is 0.314 e. The molecule has 3 N–H and O–H groups in total. The van der Waals surface area contributed by atoms with Gasteiger partial charge in [-0.2, -0.15) is 0 Å². The number of carbonyl (C=O) groups is 1. The minimum Gasteiger partial charge on any atom is -0.347 e. The van der Waals surface area contributed by atoms with Gasteiger partial charge in [-0.1, -0.05) is 6.58 Å². The highest BCUT2D eigenvalue weighted by molar-refractivity contribution is 7.30. The number of carbonyl (C=O) groups excluding carboxylic acids is 1. The van der Waals surface area contributed by atoms with Crippen LogP contribution in [-0.2, 0) is 9.36 Å². The molecule has 0 rings (SSSR count). The first-order valence-electron chi connectivity index (χ1n) is 3.81. The quantitative estimate of drug-likeness (QED) is 0.490. The summed E-state index contributed by atoms with van der Waals surface area (Å²) in [6, 6.07) is 0. The highest BCUT2D eigenvalue weighted by Crippen LogP contribution is 2.05. The fourth-order valence-corrected chi connectivity index (χ4v) is 0.538. The Morgan fingerprint density at radius 3 is 2.21 bits per heavy atom. The van der Waals surface area contributed by atoms with Crippen molar-refractivity contribution in [1.29, 1.82) is 0 Å². The average molecular weight is 241 g/mol. The molecule has 0 heterocycles. The first-order chi connectivity index (χ1) is 6.25. The molecule has 0 saturated carbocycles. The van der Waals surface area contributed by atoms with E-state index in [-0.39, 0.29) is 11.4 Å². The van der Waals surface area contributed by atoms with E-state index in [2.05, 4.69) is 21.1 Å². The van der Waals surface area contributed by atoms with E-state index in [0.29, 0.717) is 0 Å². The van der Waals surface area contributed by atoms with Gasteiger partial charge in [-0.3, -0.25) is 9.36 Å². The fourth-order valence-electron chi connectivity index (χ4n) is 0.436. The third-order valence-corrected chi connectivity index (χ3v) is 2.18. The molecule has 0 aromatic heterocycles. The molecule has 0 aliphatic heterocycles. The van der Waals surface area contributed by atoms with Crippen LogP contribution in [0.2, 0.25) is 0 Å². The van der Waals surface area contributed by atoms with Crippen molar-refractivity contribution in [2.45, 2.75) is 19.4 Å². The summed E-state index contributed by atoms with van der Waals surface area (Å²) in [7, 11) is -0.544. The van der Waals surface area contributed by atoms with Crippen LogP contribution in [0.15, 0.2) is 12.7 Å².